The molecule has 4 aromatic rings. The van der Waals surface area contributed by atoms with Crippen LogP contribution in [0.15, 0.2) is 67.4 Å². The van der Waals surface area contributed by atoms with E-state index in [0.29, 0.717) is 16.9 Å². The van der Waals surface area contributed by atoms with Crippen LogP contribution in [0.2, 0.25) is 0 Å². The molecule has 0 radical (unpaired) electrons. The molecule has 0 saturated heterocycles. The van der Waals surface area contributed by atoms with E-state index in [0.717, 1.165) is 6.07 Å². The van der Waals surface area contributed by atoms with Crippen LogP contribution in [0.3, 0.4) is 0 Å². The number of nitriles is 1. The molecular formula is C21H13F3N8O. The summed E-state index contributed by atoms with van der Waals surface area (Å²) in [4.78, 5) is 24.3. The van der Waals surface area contributed by atoms with Crippen LogP contribution < -0.4 is 10.6 Å². The van der Waals surface area contributed by atoms with Gasteiger partial charge in [-0.2, -0.15) is 23.5 Å². The number of pyridine rings is 3. The molecule has 4 rings (SSSR count). The third-order valence-electron chi connectivity index (χ3n) is 4.28. The summed E-state index contributed by atoms with van der Waals surface area (Å²) in [6.07, 6.45) is 2.62. The van der Waals surface area contributed by atoms with Crippen LogP contribution in [-0.2, 0) is 6.18 Å². The van der Waals surface area contributed by atoms with Gasteiger partial charge in [-0.05, 0) is 30.3 Å². The van der Waals surface area contributed by atoms with E-state index in [9.17, 15) is 18.0 Å². The molecule has 0 aromatic carbocycles. The molecule has 4 aromatic heterocycles. The average Bonchev–Trinajstić information content (AvgIpc) is 3.29. The molecule has 0 spiro atoms. The molecule has 1 amide bonds. The lowest BCUT2D eigenvalue weighted by molar-refractivity contribution is -0.141. The second-order valence-electron chi connectivity index (χ2n) is 6.63. The summed E-state index contributed by atoms with van der Waals surface area (Å²) >= 11 is 0. The van der Waals surface area contributed by atoms with Crippen molar-refractivity contribution in [2.24, 2.45) is 0 Å². The van der Waals surface area contributed by atoms with Crippen molar-refractivity contribution in [1.82, 2.24) is 24.7 Å². The van der Waals surface area contributed by atoms with Gasteiger partial charge in [0.2, 0.25) is 0 Å². The number of hydrogen-bond acceptors (Lipinski definition) is 7. The minimum absolute atomic E-state index is 0.0669. The molecule has 0 saturated carbocycles. The largest absolute Gasteiger partial charge is 0.433 e. The van der Waals surface area contributed by atoms with Crippen LogP contribution in [-0.4, -0.2) is 30.6 Å². The smallest absolute Gasteiger partial charge is 0.325 e. The van der Waals surface area contributed by atoms with E-state index in [2.05, 4.69) is 30.7 Å². The molecule has 0 unspecified atom stereocenters. The summed E-state index contributed by atoms with van der Waals surface area (Å²) in [7, 11) is 0. The van der Waals surface area contributed by atoms with Crippen LogP contribution in [0.5, 0.6) is 0 Å². The monoisotopic (exact) mass is 450 g/mol. The van der Waals surface area contributed by atoms with Gasteiger partial charge in [0.05, 0.1) is 35.5 Å². The molecule has 12 heteroatoms. The first-order chi connectivity index (χ1) is 15.8. The van der Waals surface area contributed by atoms with Gasteiger partial charge in [-0.25, -0.2) is 14.6 Å². The van der Waals surface area contributed by atoms with Crippen molar-refractivity contribution in [1.29, 1.82) is 5.26 Å². The van der Waals surface area contributed by atoms with Crippen molar-refractivity contribution < 1.29 is 18.0 Å². The van der Waals surface area contributed by atoms with E-state index >= 15 is 0 Å². The van der Waals surface area contributed by atoms with Crippen molar-refractivity contribution in [2.45, 2.75) is 6.18 Å². The summed E-state index contributed by atoms with van der Waals surface area (Å²) in [5, 5.41) is 18.3. The third-order valence-corrected chi connectivity index (χ3v) is 4.28. The molecule has 0 aliphatic heterocycles. The Labute approximate surface area is 184 Å². The molecule has 0 aliphatic rings. The highest BCUT2D eigenvalue weighted by Crippen LogP contribution is 2.28. The van der Waals surface area contributed by atoms with Crippen LogP contribution in [0.4, 0.5) is 30.5 Å². The van der Waals surface area contributed by atoms with Gasteiger partial charge in [-0.15, -0.1) is 0 Å². The minimum Gasteiger partial charge on any atom is -0.325 e. The van der Waals surface area contributed by atoms with Crippen LogP contribution in [0.25, 0.3) is 5.69 Å². The second-order valence-corrected chi connectivity index (χ2v) is 6.63. The first-order valence-electron chi connectivity index (χ1n) is 9.31. The van der Waals surface area contributed by atoms with Gasteiger partial charge >= 0.3 is 6.18 Å². The Kier molecular flexibility index (Phi) is 5.69. The SMILES string of the molecule is N#Cc1cnn(-c2cncc(NC(=O)c3ccnc(Nc4cccc(C(F)(F)F)n4)c3)c2)c1. The Hall–Kier alpha value is -4.79. The summed E-state index contributed by atoms with van der Waals surface area (Å²) < 4.78 is 40.0. The van der Waals surface area contributed by atoms with Crippen LogP contribution >= 0.6 is 0 Å². The van der Waals surface area contributed by atoms with Gasteiger partial charge in [0.1, 0.15) is 23.4 Å². The van der Waals surface area contributed by atoms with Gasteiger partial charge in [-0.1, -0.05) is 6.07 Å². The Bertz CT molecular complexity index is 1360. The maximum Gasteiger partial charge on any atom is 0.433 e. The van der Waals surface area contributed by atoms with E-state index in [-0.39, 0.29) is 17.2 Å². The predicted octanol–water partition coefficient (Wildman–Crippen LogP) is 3.94. The Morgan fingerprint density at radius 1 is 1.09 bits per heavy atom. The zero-order chi connectivity index (χ0) is 23.4. The molecule has 0 atom stereocenters. The number of nitrogens with one attached hydrogen (secondary N) is 2. The zero-order valence-corrected chi connectivity index (χ0v) is 16.6. The van der Waals surface area contributed by atoms with Crippen molar-refractivity contribution in [3.8, 4) is 11.8 Å². The second kappa shape index (κ2) is 8.75. The number of carbonyl (C=O) groups excluding carboxylic acids is 1. The number of anilines is 3. The molecule has 0 aliphatic carbocycles. The van der Waals surface area contributed by atoms with E-state index in [1.54, 1.807) is 6.07 Å². The molecule has 9 nitrogen and oxygen atoms in total. The van der Waals surface area contributed by atoms with Gasteiger partial charge in [-0.3, -0.25) is 9.78 Å². The Morgan fingerprint density at radius 2 is 1.94 bits per heavy atom. The number of alkyl halides is 3. The van der Waals surface area contributed by atoms with Gasteiger partial charge in [0, 0.05) is 18.0 Å². The fourth-order valence-corrected chi connectivity index (χ4v) is 2.78. The van der Waals surface area contributed by atoms with Crippen molar-refractivity contribution in [3.63, 3.8) is 0 Å². The molecule has 164 valence electrons. The predicted molar refractivity (Wildman–Crippen MR) is 111 cm³/mol. The lowest BCUT2D eigenvalue weighted by atomic mass is 10.2. The Balaban J connectivity index is 1.50. The highest BCUT2D eigenvalue weighted by molar-refractivity contribution is 6.04. The zero-order valence-electron chi connectivity index (χ0n) is 16.6. The highest BCUT2D eigenvalue weighted by atomic mass is 19.4. The van der Waals surface area contributed by atoms with Crippen molar-refractivity contribution >= 4 is 23.2 Å². The first kappa shape index (κ1) is 21.4. The summed E-state index contributed by atoms with van der Waals surface area (Å²) in [6, 6.07) is 9.84. The molecule has 2 N–H and O–H groups in total. The Morgan fingerprint density at radius 3 is 2.70 bits per heavy atom. The third kappa shape index (κ3) is 5.10. The number of halogens is 3. The number of carbonyl (C=O) groups is 1. The van der Waals surface area contributed by atoms with Gasteiger partial charge < -0.3 is 10.6 Å². The van der Waals surface area contributed by atoms with Crippen molar-refractivity contribution in [3.05, 3.63) is 84.2 Å². The minimum atomic E-state index is -4.58. The number of rotatable bonds is 5. The average molecular weight is 450 g/mol. The molecule has 33 heavy (non-hydrogen) atoms. The topological polar surface area (TPSA) is 121 Å². The number of amides is 1. The molecule has 0 bridgehead atoms. The lowest BCUT2D eigenvalue weighted by Crippen LogP contribution is -2.13. The maximum absolute atomic E-state index is 12.9. The normalized spacial score (nSPS) is 11.0. The standard InChI is InChI=1S/C21H13F3N8O/c22-21(23,24)17-2-1-3-18(30-17)31-19-6-14(4-5-27-19)20(33)29-15-7-16(11-26-10-15)32-12-13(8-25)9-28-32/h1-7,9-12H,(H,29,33)(H,27,30,31). The van der Waals surface area contributed by atoms with E-state index in [4.69, 9.17) is 5.26 Å². The fourth-order valence-electron chi connectivity index (χ4n) is 2.78. The van der Waals surface area contributed by atoms with Crippen LogP contribution in [0, 0.1) is 11.3 Å². The molecule has 0 fully saturated rings. The van der Waals surface area contributed by atoms with E-state index < -0.39 is 17.8 Å². The quantitative estimate of drug-likeness (QED) is 0.472. The first-order valence-corrected chi connectivity index (χ1v) is 9.31. The molecule has 4 heterocycles. The number of hydrogen-bond donors (Lipinski definition) is 2. The fraction of sp³-hybridized carbons (Fsp3) is 0.0476. The lowest BCUT2D eigenvalue weighted by Gasteiger charge is -2.10. The van der Waals surface area contributed by atoms with Crippen LogP contribution in [0.1, 0.15) is 21.6 Å². The van der Waals surface area contributed by atoms with Gasteiger partial charge in [0.15, 0.2) is 0 Å². The van der Waals surface area contributed by atoms with E-state index in [1.807, 2.05) is 6.07 Å². The number of aromatic nitrogens is 5. The summed E-state index contributed by atoms with van der Waals surface area (Å²) in [6.45, 7) is 0. The maximum atomic E-state index is 12.9. The van der Waals surface area contributed by atoms with Gasteiger partial charge in [0.25, 0.3) is 5.91 Å². The highest BCUT2D eigenvalue weighted by Gasteiger charge is 2.32. The van der Waals surface area contributed by atoms with Crippen molar-refractivity contribution in [2.75, 3.05) is 10.6 Å². The number of nitrogens with zero attached hydrogens (tertiary/aromatic N) is 6. The van der Waals surface area contributed by atoms with E-state index in [1.165, 1.54) is 59.9 Å². The summed E-state index contributed by atoms with van der Waals surface area (Å²) in [5.74, 6) is -0.417. The molecular weight excluding hydrogens is 437 g/mol. The summed E-state index contributed by atoms with van der Waals surface area (Å²) in [5.41, 5.74) is 0.430.